The van der Waals surface area contributed by atoms with Crippen molar-refractivity contribution in [1.29, 1.82) is 0 Å². The highest BCUT2D eigenvalue weighted by atomic mass is 32.1. The number of carbonyl (C=O) groups excluding carboxylic acids is 1. The molecule has 20 heavy (non-hydrogen) atoms. The van der Waals surface area contributed by atoms with Gasteiger partial charge in [-0.1, -0.05) is 17.9 Å². The molecule has 0 aromatic carbocycles. The van der Waals surface area contributed by atoms with E-state index in [4.69, 9.17) is 4.74 Å². The Morgan fingerprint density at radius 1 is 1.55 bits per heavy atom. The predicted octanol–water partition coefficient (Wildman–Crippen LogP) is 1.94. The van der Waals surface area contributed by atoms with Crippen molar-refractivity contribution in [3.05, 3.63) is 40.1 Å². The second-order valence-corrected chi connectivity index (χ2v) is 5.18. The van der Waals surface area contributed by atoms with Crippen molar-refractivity contribution in [3.8, 4) is 0 Å². The lowest BCUT2D eigenvalue weighted by Gasteiger charge is -2.03. The van der Waals surface area contributed by atoms with E-state index in [0.29, 0.717) is 12.2 Å². The first-order valence-corrected chi connectivity index (χ1v) is 7.08. The molecule has 0 aliphatic rings. The van der Waals surface area contributed by atoms with Crippen LogP contribution in [0.15, 0.2) is 18.2 Å². The van der Waals surface area contributed by atoms with Crippen molar-refractivity contribution in [2.24, 2.45) is 0 Å². The summed E-state index contributed by atoms with van der Waals surface area (Å²) in [6.45, 7) is 8.13. The highest BCUT2D eigenvalue weighted by molar-refractivity contribution is 7.09. The molecule has 0 amide bonds. The summed E-state index contributed by atoms with van der Waals surface area (Å²) < 4.78 is 6.67. The van der Waals surface area contributed by atoms with Crippen molar-refractivity contribution in [2.75, 3.05) is 6.61 Å². The third kappa shape index (κ3) is 3.11. The van der Waals surface area contributed by atoms with Crippen LogP contribution in [0, 0.1) is 13.8 Å². The van der Waals surface area contributed by atoms with Gasteiger partial charge in [0, 0.05) is 17.8 Å². The maximum atomic E-state index is 11.7. The van der Waals surface area contributed by atoms with E-state index in [-0.39, 0.29) is 12.3 Å². The smallest absolute Gasteiger partial charge is 0.361 e. The molecule has 0 spiro atoms. The van der Waals surface area contributed by atoms with Gasteiger partial charge in [-0.3, -0.25) is 0 Å². The lowest BCUT2D eigenvalue weighted by Crippen LogP contribution is -2.09. The van der Waals surface area contributed by atoms with Crippen molar-refractivity contribution in [3.63, 3.8) is 0 Å². The molecule has 6 nitrogen and oxygen atoms in total. The van der Waals surface area contributed by atoms with Crippen molar-refractivity contribution in [1.82, 2.24) is 20.0 Å². The molecule has 0 bridgehead atoms. The van der Waals surface area contributed by atoms with Crippen LogP contribution in [0.5, 0.6) is 0 Å². The number of nitrogens with zero attached hydrogens (tertiary/aromatic N) is 4. The van der Waals surface area contributed by atoms with Gasteiger partial charge >= 0.3 is 5.97 Å². The Bertz CT molecular complexity index is 618. The molecule has 2 rings (SSSR count). The molecule has 2 aromatic rings. The summed E-state index contributed by atoms with van der Waals surface area (Å²) in [5, 5.41) is 7.88. The van der Waals surface area contributed by atoms with Crippen LogP contribution in [-0.2, 0) is 17.7 Å². The SMILES string of the molecule is C=CCOC(=O)c1nnn(CCc2scnc2C)c1C. The molecule has 0 saturated carbocycles. The molecule has 2 heterocycles. The first-order chi connectivity index (χ1) is 9.63. The molecule has 0 unspecified atom stereocenters. The number of carbonyl (C=O) groups is 1. The van der Waals surface area contributed by atoms with E-state index in [1.54, 1.807) is 16.0 Å². The van der Waals surface area contributed by atoms with Gasteiger partial charge in [0.1, 0.15) is 6.61 Å². The lowest BCUT2D eigenvalue weighted by atomic mass is 10.3. The highest BCUT2D eigenvalue weighted by Gasteiger charge is 2.17. The quantitative estimate of drug-likeness (QED) is 0.601. The molecule has 0 saturated heterocycles. The third-order valence-corrected chi connectivity index (χ3v) is 3.90. The molecule has 0 fully saturated rings. The zero-order valence-electron chi connectivity index (χ0n) is 11.5. The van der Waals surface area contributed by atoms with Crippen LogP contribution in [0.4, 0.5) is 0 Å². The van der Waals surface area contributed by atoms with Crippen LogP contribution in [0.1, 0.15) is 26.8 Å². The van der Waals surface area contributed by atoms with E-state index in [1.807, 2.05) is 19.4 Å². The lowest BCUT2D eigenvalue weighted by molar-refractivity contribution is 0.0542. The minimum Gasteiger partial charge on any atom is -0.457 e. The average Bonchev–Trinajstić information content (AvgIpc) is 3.00. The van der Waals surface area contributed by atoms with Gasteiger partial charge in [-0.05, 0) is 13.8 Å². The number of rotatable bonds is 6. The second-order valence-electron chi connectivity index (χ2n) is 4.24. The highest BCUT2D eigenvalue weighted by Crippen LogP contribution is 2.14. The number of thiazole rings is 1. The summed E-state index contributed by atoms with van der Waals surface area (Å²) in [6, 6.07) is 0. The van der Waals surface area contributed by atoms with Gasteiger partial charge < -0.3 is 4.74 Å². The minimum absolute atomic E-state index is 0.172. The molecule has 0 aliphatic heterocycles. The first-order valence-electron chi connectivity index (χ1n) is 6.20. The largest absolute Gasteiger partial charge is 0.457 e. The van der Waals surface area contributed by atoms with Crippen LogP contribution in [0.25, 0.3) is 0 Å². The Morgan fingerprint density at radius 2 is 2.35 bits per heavy atom. The number of esters is 1. The van der Waals surface area contributed by atoms with E-state index >= 15 is 0 Å². The van der Waals surface area contributed by atoms with Crippen LogP contribution < -0.4 is 0 Å². The topological polar surface area (TPSA) is 69.9 Å². The Hall–Kier alpha value is -2.02. The molecule has 106 valence electrons. The van der Waals surface area contributed by atoms with E-state index in [0.717, 1.165) is 12.1 Å². The maximum Gasteiger partial charge on any atom is 0.361 e. The molecule has 0 atom stereocenters. The minimum atomic E-state index is -0.470. The Labute approximate surface area is 121 Å². The van der Waals surface area contributed by atoms with E-state index in [1.165, 1.54) is 11.0 Å². The van der Waals surface area contributed by atoms with Crippen LogP contribution in [0.2, 0.25) is 0 Å². The number of aromatic nitrogens is 4. The summed E-state index contributed by atoms with van der Waals surface area (Å²) >= 11 is 1.62. The standard InChI is InChI=1S/C13H16N4O2S/c1-4-7-19-13(18)12-10(3)17(16-15-12)6-5-11-9(2)14-8-20-11/h4,8H,1,5-7H2,2-3H3. The van der Waals surface area contributed by atoms with E-state index < -0.39 is 5.97 Å². The van der Waals surface area contributed by atoms with E-state index in [9.17, 15) is 4.79 Å². The number of ether oxygens (including phenoxy) is 1. The molecule has 0 aliphatic carbocycles. The summed E-state index contributed by atoms with van der Waals surface area (Å²) in [5.41, 5.74) is 3.84. The zero-order valence-corrected chi connectivity index (χ0v) is 12.3. The van der Waals surface area contributed by atoms with Crippen molar-refractivity contribution >= 4 is 17.3 Å². The number of hydrogen-bond donors (Lipinski definition) is 0. The zero-order chi connectivity index (χ0) is 14.5. The third-order valence-electron chi connectivity index (χ3n) is 2.90. The Morgan fingerprint density at radius 3 is 3.00 bits per heavy atom. The average molecular weight is 292 g/mol. The van der Waals surface area contributed by atoms with Crippen LogP contribution in [-0.4, -0.2) is 32.6 Å². The van der Waals surface area contributed by atoms with Gasteiger partial charge in [-0.15, -0.1) is 16.4 Å². The van der Waals surface area contributed by atoms with Gasteiger partial charge in [0.25, 0.3) is 0 Å². The Balaban J connectivity index is 2.03. The predicted molar refractivity (Wildman–Crippen MR) is 75.8 cm³/mol. The fourth-order valence-corrected chi connectivity index (χ4v) is 2.51. The van der Waals surface area contributed by atoms with Gasteiger partial charge in [0.2, 0.25) is 0 Å². The molecular weight excluding hydrogens is 276 g/mol. The van der Waals surface area contributed by atoms with E-state index in [2.05, 4.69) is 21.9 Å². The van der Waals surface area contributed by atoms with Gasteiger partial charge in [-0.25, -0.2) is 14.5 Å². The normalized spacial score (nSPS) is 10.5. The first kappa shape index (κ1) is 14.4. The number of aryl methyl sites for hydroxylation is 3. The Kier molecular flexibility index (Phi) is 4.62. The molecule has 7 heteroatoms. The van der Waals surface area contributed by atoms with Crippen molar-refractivity contribution < 1.29 is 9.53 Å². The second kappa shape index (κ2) is 6.42. The van der Waals surface area contributed by atoms with Gasteiger partial charge in [-0.2, -0.15) is 0 Å². The fraction of sp³-hybridized carbons (Fsp3) is 0.385. The van der Waals surface area contributed by atoms with Gasteiger partial charge in [0.15, 0.2) is 5.69 Å². The maximum absolute atomic E-state index is 11.7. The molecular formula is C13H16N4O2S. The fourth-order valence-electron chi connectivity index (χ4n) is 1.74. The molecule has 0 N–H and O–H groups in total. The van der Waals surface area contributed by atoms with Gasteiger partial charge in [0.05, 0.1) is 16.9 Å². The molecule has 2 aromatic heterocycles. The molecule has 0 radical (unpaired) electrons. The van der Waals surface area contributed by atoms with Crippen LogP contribution in [0.3, 0.4) is 0 Å². The summed E-state index contributed by atoms with van der Waals surface area (Å²) in [5.74, 6) is -0.470. The monoisotopic (exact) mass is 292 g/mol. The van der Waals surface area contributed by atoms with Crippen LogP contribution >= 0.6 is 11.3 Å². The van der Waals surface area contributed by atoms with Crippen molar-refractivity contribution in [2.45, 2.75) is 26.8 Å². The number of hydrogen-bond acceptors (Lipinski definition) is 6. The summed E-state index contributed by atoms with van der Waals surface area (Å²) in [6.07, 6.45) is 2.34. The summed E-state index contributed by atoms with van der Waals surface area (Å²) in [7, 11) is 0. The summed E-state index contributed by atoms with van der Waals surface area (Å²) in [4.78, 5) is 17.2.